The lowest BCUT2D eigenvalue weighted by Gasteiger charge is -2.07. The van der Waals surface area contributed by atoms with Gasteiger partial charge in [0.15, 0.2) is 0 Å². The number of carbonyl (C=O) groups is 2. The lowest BCUT2D eigenvalue weighted by Crippen LogP contribution is -2.28. The van der Waals surface area contributed by atoms with Gasteiger partial charge in [0.25, 0.3) is 5.91 Å². The zero-order chi connectivity index (χ0) is 13.0. The third-order valence-corrected chi connectivity index (χ3v) is 2.71. The smallest absolute Gasteiger partial charge is 0.354 e. The highest BCUT2D eigenvalue weighted by Crippen LogP contribution is 2.31. The summed E-state index contributed by atoms with van der Waals surface area (Å²) in [5, 5.41) is 2.60. The van der Waals surface area contributed by atoms with Crippen molar-refractivity contribution in [1.82, 2.24) is 5.32 Å². The van der Waals surface area contributed by atoms with Gasteiger partial charge in [-0.3, -0.25) is 4.79 Å². The summed E-state index contributed by atoms with van der Waals surface area (Å²) in [7, 11) is 1.30. The SMILES string of the molecule is COC(=O)/C(=C\C1CC1)NC(=O)c1ccccc1. The van der Waals surface area contributed by atoms with Crippen LogP contribution in [-0.2, 0) is 9.53 Å². The van der Waals surface area contributed by atoms with E-state index in [9.17, 15) is 9.59 Å². The van der Waals surface area contributed by atoms with Crippen LogP contribution in [0, 0.1) is 5.92 Å². The molecule has 1 fully saturated rings. The van der Waals surface area contributed by atoms with Crippen LogP contribution in [0.15, 0.2) is 42.1 Å². The summed E-state index contributed by atoms with van der Waals surface area (Å²) in [4.78, 5) is 23.5. The van der Waals surface area contributed by atoms with Gasteiger partial charge in [-0.15, -0.1) is 0 Å². The Balaban J connectivity index is 2.09. The van der Waals surface area contributed by atoms with Crippen LogP contribution < -0.4 is 5.32 Å². The molecular weight excluding hydrogens is 230 g/mol. The standard InChI is InChI=1S/C14H15NO3/c1-18-14(17)12(9-10-7-8-10)15-13(16)11-5-3-2-4-6-11/h2-6,9-10H,7-8H2,1H3,(H,15,16)/b12-9+. The molecule has 0 aromatic heterocycles. The van der Waals surface area contributed by atoms with E-state index in [0.29, 0.717) is 11.5 Å². The van der Waals surface area contributed by atoms with Gasteiger partial charge in [-0.25, -0.2) is 4.79 Å². The highest BCUT2D eigenvalue weighted by molar-refractivity contribution is 6.01. The Labute approximate surface area is 106 Å². The Morgan fingerprint density at radius 2 is 1.94 bits per heavy atom. The minimum Gasteiger partial charge on any atom is -0.464 e. The average Bonchev–Trinajstić information content (AvgIpc) is 3.22. The summed E-state index contributed by atoms with van der Waals surface area (Å²) in [6.07, 6.45) is 3.88. The summed E-state index contributed by atoms with van der Waals surface area (Å²) in [6, 6.07) is 8.77. The van der Waals surface area contributed by atoms with Crippen LogP contribution in [0.25, 0.3) is 0 Å². The zero-order valence-electron chi connectivity index (χ0n) is 10.2. The predicted octanol–water partition coefficient (Wildman–Crippen LogP) is 1.88. The minimum atomic E-state index is -0.508. The summed E-state index contributed by atoms with van der Waals surface area (Å²) >= 11 is 0. The highest BCUT2D eigenvalue weighted by atomic mass is 16.5. The molecule has 0 heterocycles. The molecule has 94 valence electrons. The fourth-order valence-corrected chi connectivity index (χ4v) is 1.55. The topological polar surface area (TPSA) is 55.4 Å². The van der Waals surface area contributed by atoms with Crippen LogP contribution in [0.3, 0.4) is 0 Å². The van der Waals surface area contributed by atoms with Crippen molar-refractivity contribution in [3.8, 4) is 0 Å². The van der Waals surface area contributed by atoms with Crippen molar-refractivity contribution in [2.45, 2.75) is 12.8 Å². The van der Waals surface area contributed by atoms with Gasteiger partial charge in [0.2, 0.25) is 0 Å². The Morgan fingerprint density at radius 3 is 2.50 bits per heavy atom. The van der Waals surface area contributed by atoms with Gasteiger partial charge < -0.3 is 10.1 Å². The van der Waals surface area contributed by atoms with E-state index in [1.165, 1.54) is 7.11 Å². The number of ether oxygens (including phenoxy) is 1. The Morgan fingerprint density at radius 1 is 1.28 bits per heavy atom. The van der Waals surface area contributed by atoms with Gasteiger partial charge >= 0.3 is 5.97 Å². The first-order valence-electron chi connectivity index (χ1n) is 5.87. The molecule has 1 saturated carbocycles. The number of nitrogens with one attached hydrogen (secondary N) is 1. The number of methoxy groups -OCH3 is 1. The maximum Gasteiger partial charge on any atom is 0.354 e. The molecule has 1 aromatic carbocycles. The second-order valence-electron chi connectivity index (χ2n) is 4.23. The molecule has 18 heavy (non-hydrogen) atoms. The molecule has 0 radical (unpaired) electrons. The number of rotatable bonds is 4. The number of benzene rings is 1. The van der Waals surface area contributed by atoms with E-state index in [2.05, 4.69) is 10.1 Å². The quantitative estimate of drug-likeness (QED) is 0.651. The Bertz CT molecular complexity index is 475. The van der Waals surface area contributed by atoms with E-state index < -0.39 is 5.97 Å². The fraction of sp³-hybridized carbons (Fsp3) is 0.286. The molecule has 0 atom stereocenters. The molecule has 1 amide bonds. The predicted molar refractivity (Wildman–Crippen MR) is 66.7 cm³/mol. The zero-order valence-corrected chi connectivity index (χ0v) is 10.2. The van der Waals surface area contributed by atoms with Gasteiger partial charge in [0, 0.05) is 5.56 Å². The van der Waals surface area contributed by atoms with Crippen LogP contribution in [-0.4, -0.2) is 19.0 Å². The number of hydrogen-bond acceptors (Lipinski definition) is 3. The lowest BCUT2D eigenvalue weighted by atomic mass is 10.2. The number of esters is 1. The van der Waals surface area contributed by atoms with E-state index in [0.717, 1.165) is 12.8 Å². The maximum atomic E-state index is 11.9. The second kappa shape index (κ2) is 5.49. The molecule has 0 saturated heterocycles. The molecule has 1 aromatic rings. The first kappa shape index (κ1) is 12.4. The molecule has 1 N–H and O–H groups in total. The van der Waals surface area contributed by atoms with Crippen LogP contribution in [0.1, 0.15) is 23.2 Å². The average molecular weight is 245 g/mol. The van der Waals surface area contributed by atoms with E-state index in [1.807, 2.05) is 6.07 Å². The van der Waals surface area contributed by atoms with E-state index in [-0.39, 0.29) is 11.6 Å². The highest BCUT2D eigenvalue weighted by Gasteiger charge is 2.23. The molecule has 0 aliphatic heterocycles. The van der Waals surface area contributed by atoms with Crippen molar-refractivity contribution < 1.29 is 14.3 Å². The second-order valence-corrected chi connectivity index (χ2v) is 4.23. The monoisotopic (exact) mass is 245 g/mol. The molecule has 2 rings (SSSR count). The number of amides is 1. The first-order chi connectivity index (χ1) is 8.70. The first-order valence-corrected chi connectivity index (χ1v) is 5.87. The summed E-state index contributed by atoms with van der Waals surface area (Å²) in [5.74, 6) is -0.422. The van der Waals surface area contributed by atoms with Crippen LogP contribution in [0.4, 0.5) is 0 Å². The van der Waals surface area contributed by atoms with Crippen molar-refractivity contribution >= 4 is 11.9 Å². The van der Waals surface area contributed by atoms with Crippen molar-refractivity contribution in [3.63, 3.8) is 0 Å². The van der Waals surface area contributed by atoms with Gasteiger partial charge in [-0.2, -0.15) is 0 Å². The number of allylic oxidation sites excluding steroid dienone is 1. The summed E-state index contributed by atoms with van der Waals surface area (Å²) < 4.78 is 4.66. The van der Waals surface area contributed by atoms with Crippen molar-refractivity contribution in [2.24, 2.45) is 5.92 Å². The molecule has 1 aliphatic rings. The third-order valence-electron chi connectivity index (χ3n) is 2.71. The normalized spacial score (nSPS) is 15.1. The maximum absolute atomic E-state index is 11.9. The number of hydrogen-bond donors (Lipinski definition) is 1. The molecule has 0 unspecified atom stereocenters. The van der Waals surface area contributed by atoms with Crippen LogP contribution >= 0.6 is 0 Å². The molecule has 0 spiro atoms. The van der Waals surface area contributed by atoms with E-state index in [4.69, 9.17) is 0 Å². The van der Waals surface area contributed by atoms with Gasteiger partial charge in [-0.05, 0) is 30.9 Å². The largest absolute Gasteiger partial charge is 0.464 e. The Hall–Kier alpha value is -2.10. The third kappa shape index (κ3) is 3.20. The molecule has 0 bridgehead atoms. The fourth-order valence-electron chi connectivity index (χ4n) is 1.55. The molecule has 1 aliphatic carbocycles. The summed E-state index contributed by atoms with van der Waals surface area (Å²) in [6.45, 7) is 0. The van der Waals surface area contributed by atoms with E-state index in [1.54, 1.807) is 30.3 Å². The van der Waals surface area contributed by atoms with Gasteiger partial charge in [-0.1, -0.05) is 24.3 Å². The lowest BCUT2D eigenvalue weighted by molar-refractivity contribution is -0.136. The van der Waals surface area contributed by atoms with Crippen molar-refractivity contribution in [1.29, 1.82) is 0 Å². The van der Waals surface area contributed by atoms with Crippen LogP contribution in [0.2, 0.25) is 0 Å². The molecule has 4 heteroatoms. The van der Waals surface area contributed by atoms with Gasteiger partial charge in [0.1, 0.15) is 5.70 Å². The van der Waals surface area contributed by atoms with Crippen molar-refractivity contribution in [2.75, 3.05) is 7.11 Å². The van der Waals surface area contributed by atoms with Gasteiger partial charge in [0.05, 0.1) is 7.11 Å². The summed E-state index contributed by atoms with van der Waals surface area (Å²) in [5.41, 5.74) is 0.747. The number of carbonyl (C=O) groups excluding carboxylic acids is 2. The molecule has 4 nitrogen and oxygen atoms in total. The Kier molecular flexibility index (Phi) is 3.77. The molecular formula is C14H15NO3. The minimum absolute atomic E-state index is 0.230. The van der Waals surface area contributed by atoms with Crippen LogP contribution in [0.5, 0.6) is 0 Å². The van der Waals surface area contributed by atoms with E-state index >= 15 is 0 Å². The van der Waals surface area contributed by atoms with Crippen molar-refractivity contribution in [3.05, 3.63) is 47.7 Å².